The van der Waals surface area contributed by atoms with Crippen LogP contribution in [0.5, 0.6) is 0 Å². The number of nitrogens with zero attached hydrogens (tertiary/aromatic N) is 1. The number of carbonyl (C=O) groups excluding carboxylic acids is 2. The molecule has 0 fully saturated rings. The molecule has 0 aliphatic heterocycles. The van der Waals surface area contributed by atoms with Crippen LogP contribution in [0, 0.1) is 0 Å². The van der Waals surface area contributed by atoms with Gasteiger partial charge in [0.15, 0.2) is 6.10 Å². The van der Waals surface area contributed by atoms with Crippen molar-refractivity contribution < 1.29 is 42.1 Å². The maximum Gasteiger partial charge on any atom is 0.306 e. The highest BCUT2D eigenvalue weighted by atomic mass is 31.2. The number of phosphoric acid groups is 1. The predicted molar refractivity (Wildman–Crippen MR) is 434 cm³/mol. The van der Waals surface area contributed by atoms with E-state index in [-0.39, 0.29) is 32.0 Å². The molecule has 2 atom stereocenters. The summed E-state index contributed by atoms with van der Waals surface area (Å²) in [5.74, 6) is -0.815. The molecule has 2 unspecified atom stereocenters. The minimum atomic E-state index is -4.65. The van der Waals surface area contributed by atoms with Crippen LogP contribution in [0.3, 0.4) is 0 Å². The van der Waals surface area contributed by atoms with Crippen molar-refractivity contribution >= 4 is 19.8 Å². The van der Waals surface area contributed by atoms with E-state index in [1.54, 1.807) is 0 Å². The van der Waals surface area contributed by atoms with Gasteiger partial charge < -0.3 is 27.9 Å². The lowest BCUT2D eigenvalue weighted by molar-refractivity contribution is -0.870. The molecule has 0 aromatic carbocycles. The van der Waals surface area contributed by atoms with Crippen LogP contribution in [0.25, 0.3) is 0 Å². The highest BCUT2D eigenvalue weighted by Crippen LogP contribution is 2.38. The number of unbranched alkanes of at least 4 members (excludes halogenated alkanes) is 47. The van der Waals surface area contributed by atoms with Crippen LogP contribution in [0.4, 0.5) is 0 Å². The van der Waals surface area contributed by atoms with Crippen molar-refractivity contribution in [3.8, 4) is 0 Å². The third-order valence-corrected chi connectivity index (χ3v) is 19.7. The summed E-state index contributed by atoms with van der Waals surface area (Å²) in [6.45, 7) is 4.17. The first-order valence-electron chi connectivity index (χ1n) is 42.6. The lowest BCUT2D eigenvalue weighted by atomic mass is 10.0. The standard InChI is InChI=1S/C90H162NO8P/c1-6-8-10-12-14-16-18-20-22-24-26-28-30-32-34-36-38-40-42-44-45-47-48-50-52-54-56-58-60-62-64-66-68-70-72-74-76-78-80-82-89(92)96-86-88(87-98-100(94,95)97-85-84-91(3,4)5)99-90(93)83-81-79-77-75-73-71-69-67-65-63-61-59-57-55-53-51-49-46-43-41-39-37-35-33-31-29-27-25-23-21-19-17-15-13-11-9-7-2/h9,11,15,17-18,20-21,23-24,26-27,29-30,32-33,35,39,41,88H,6-8,10,12-14,16,19,22,25,28,31,34,36-38,40,42-87H2,1-5H3/b11-9-,17-15-,20-18-,23-21-,26-24-,29-27-,32-30-,35-33-,41-39-. The summed E-state index contributed by atoms with van der Waals surface area (Å²) in [5.41, 5.74) is 0. The molecular formula is C90H162NO8P. The Bertz CT molecular complexity index is 2060. The van der Waals surface area contributed by atoms with Crippen molar-refractivity contribution in [3.63, 3.8) is 0 Å². The molecule has 10 heteroatoms. The van der Waals surface area contributed by atoms with E-state index in [4.69, 9.17) is 18.5 Å². The largest absolute Gasteiger partial charge is 0.756 e. The molecule has 0 heterocycles. The van der Waals surface area contributed by atoms with E-state index in [1.165, 1.54) is 276 Å². The van der Waals surface area contributed by atoms with Gasteiger partial charge in [0.05, 0.1) is 27.7 Å². The normalized spacial score (nSPS) is 13.5. The van der Waals surface area contributed by atoms with E-state index < -0.39 is 26.5 Å². The maximum absolute atomic E-state index is 12.9. The van der Waals surface area contributed by atoms with Gasteiger partial charge in [0.1, 0.15) is 19.8 Å². The Morgan fingerprint density at radius 3 is 0.850 bits per heavy atom. The molecule has 0 rings (SSSR count). The van der Waals surface area contributed by atoms with E-state index in [2.05, 4.69) is 123 Å². The molecular weight excluding hydrogens is 1250 g/mol. The van der Waals surface area contributed by atoms with E-state index >= 15 is 0 Å². The van der Waals surface area contributed by atoms with E-state index in [9.17, 15) is 19.0 Å². The summed E-state index contributed by atoms with van der Waals surface area (Å²) in [7, 11) is 1.18. The molecule has 0 aliphatic carbocycles. The second-order valence-corrected chi connectivity index (χ2v) is 31.2. The Kier molecular flexibility index (Phi) is 77.1. The van der Waals surface area contributed by atoms with Gasteiger partial charge in [-0.05, 0) is 103 Å². The number of rotatable bonds is 79. The van der Waals surface area contributed by atoms with Gasteiger partial charge in [0.2, 0.25) is 0 Å². The predicted octanol–water partition coefficient (Wildman–Crippen LogP) is 28.1. The summed E-state index contributed by atoms with van der Waals surface area (Å²) in [5, 5.41) is 0. The lowest BCUT2D eigenvalue weighted by Gasteiger charge is -2.28. The Hall–Kier alpha value is -3.33. The number of ether oxygens (including phenoxy) is 2. The number of quaternary nitrogens is 1. The number of phosphoric ester groups is 1. The first kappa shape index (κ1) is 96.7. The maximum atomic E-state index is 12.9. The second-order valence-electron chi connectivity index (χ2n) is 29.8. The Labute approximate surface area is 620 Å². The summed E-state index contributed by atoms with van der Waals surface area (Å²) in [6.07, 6.45) is 114. The zero-order valence-electron chi connectivity index (χ0n) is 66.4. The van der Waals surface area contributed by atoms with E-state index in [0.717, 1.165) is 89.9 Å². The number of allylic oxidation sites excluding steroid dienone is 18. The van der Waals surface area contributed by atoms with Crippen LogP contribution >= 0.6 is 7.82 Å². The molecule has 0 aliphatic rings. The zero-order chi connectivity index (χ0) is 72.5. The van der Waals surface area contributed by atoms with Gasteiger partial charge in [-0.1, -0.05) is 393 Å². The quantitative estimate of drug-likeness (QED) is 0.0195. The van der Waals surface area contributed by atoms with Crippen molar-refractivity contribution in [1.82, 2.24) is 0 Å². The molecule has 0 N–H and O–H groups in total. The van der Waals surface area contributed by atoms with Gasteiger partial charge in [-0.15, -0.1) is 0 Å². The van der Waals surface area contributed by atoms with Gasteiger partial charge in [-0.2, -0.15) is 0 Å². The second kappa shape index (κ2) is 79.8. The number of carbonyl (C=O) groups is 2. The van der Waals surface area contributed by atoms with Crippen molar-refractivity contribution in [2.75, 3.05) is 47.5 Å². The number of esters is 2. The average molecular weight is 1420 g/mol. The highest BCUT2D eigenvalue weighted by Gasteiger charge is 2.22. The fourth-order valence-corrected chi connectivity index (χ4v) is 13.0. The lowest BCUT2D eigenvalue weighted by Crippen LogP contribution is -2.37. The minimum Gasteiger partial charge on any atom is -0.756 e. The average Bonchev–Trinajstić information content (AvgIpc) is 1.02. The van der Waals surface area contributed by atoms with Crippen LogP contribution in [-0.4, -0.2) is 70.0 Å². The van der Waals surface area contributed by atoms with E-state index in [1.807, 2.05) is 21.1 Å². The fraction of sp³-hybridized carbons (Fsp3) is 0.778. The van der Waals surface area contributed by atoms with Gasteiger partial charge in [-0.25, -0.2) is 0 Å². The minimum absolute atomic E-state index is 0.0311. The van der Waals surface area contributed by atoms with Crippen molar-refractivity contribution in [2.24, 2.45) is 0 Å². The third kappa shape index (κ3) is 83.6. The van der Waals surface area contributed by atoms with Crippen LogP contribution in [0.1, 0.15) is 399 Å². The van der Waals surface area contributed by atoms with Gasteiger partial charge >= 0.3 is 11.9 Å². The smallest absolute Gasteiger partial charge is 0.306 e. The first-order valence-corrected chi connectivity index (χ1v) is 44.1. The Morgan fingerprint density at radius 2 is 0.570 bits per heavy atom. The molecule has 0 amide bonds. The first-order chi connectivity index (χ1) is 49.0. The van der Waals surface area contributed by atoms with Crippen molar-refractivity contribution in [2.45, 2.75) is 405 Å². The Morgan fingerprint density at radius 1 is 0.320 bits per heavy atom. The van der Waals surface area contributed by atoms with Gasteiger partial charge in [0, 0.05) is 12.8 Å². The molecule has 0 spiro atoms. The molecule has 100 heavy (non-hydrogen) atoms. The van der Waals surface area contributed by atoms with E-state index in [0.29, 0.717) is 17.4 Å². The molecule has 0 radical (unpaired) electrons. The summed E-state index contributed by atoms with van der Waals surface area (Å²) in [6, 6.07) is 0. The molecule has 0 saturated carbocycles. The summed E-state index contributed by atoms with van der Waals surface area (Å²) < 4.78 is 34.5. The Balaban J connectivity index is 3.91. The van der Waals surface area contributed by atoms with Crippen LogP contribution < -0.4 is 4.89 Å². The van der Waals surface area contributed by atoms with Crippen LogP contribution in [0.15, 0.2) is 109 Å². The van der Waals surface area contributed by atoms with Crippen LogP contribution in [0.2, 0.25) is 0 Å². The monoisotopic (exact) mass is 1420 g/mol. The molecule has 0 saturated heterocycles. The fourth-order valence-electron chi connectivity index (χ4n) is 12.3. The molecule has 0 aromatic heterocycles. The molecule has 0 bridgehead atoms. The van der Waals surface area contributed by atoms with Crippen molar-refractivity contribution in [3.05, 3.63) is 109 Å². The van der Waals surface area contributed by atoms with Crippen LogP contribution in [-0.2, 0) is 32.7 Å². The third-order valence-electron chi connectivity index (χ3n) is 18.8. The summed E-state index contributed by atoms with van der Waals surface area (Å²) >= 11 is 0. The number of likely N-dealkylation sites (N-methyl/N-ethyl adjacent to an activating group) is 1. The molecule has 0 aromatic rings. The topological polar surface area (TPSA) is 111 Å². The SMILES string of the molecule is CC/C=C\C/C=C\C/C=C\C/C=C\C/C=C\C/C=C\CCCCCCCCCCCCCCCCCCCCC(=O)OC(COC(=O)CCCCCCCCCCCCCCCCCCCCCCCCCC/C=C\C/C=C\C/C=C\CCCCCCC)COP(=O)([O-])OCC[N+](C)(C)C. The zero-order valence-corrected chi connectivity index (χ0v) is 67.3. The van der Waals surface area contributed by atoms with Gasteiger partial charge in [-0.3, -0.25) is 14.2 Å². The number of hydrogen-bond donors (Lipinski definition) is 0. The highest BCUT2D eigenvalue weighted by molar-refractivity contribution is 7.45. The molecule has 580 valence electrons. The van der Waals surface area contributed by atoms with Crippen molar-refractivity contribution in [1.29, 1.82) is 0 Å². The van der Waals surface area contributed by atoms with Gasteiger partial charge in [0.25, 0.3) is 7.82 Å². The molecule has 9 nitrogen and oxygen atoms in total. The number of hydrogen-bond acceptors (Lipinski definition) is 8. The summed E-state index contributed by atoms with van der Waals surface area (Å²) in [4.78, 5) is 38.2.